The lowest BCUT2D eigenvalue weighted by atomic mass is 10.2. The summed E-state index contributed by atoms with van der Waals surface area (Å²) in [6, 6.07) is 0. The second kappa shape index (κ2) is 4.21. The summed E-state index contributed by atoms with van der Waals surface area (Å²) in [5.41, 5.74) is 5.00. The molecule has 0 amide bonds. The molecule has 9 heavy (non-hydrogen) atoms. The molecule has 0 bridgehead atoms. The lowest BCUT2D eigenvalue weighted by Crippen LogP contribution is -2.13. The fourth-order valence-electron chi connectivity index (χ4n) is 0.418. The van der Waals surface area contributed by atoms with Gasteiger partial charge in [-0.1, -0.05) is 0 Å². The van der Waals surface area contributed by atoms with Crippen molar-refractivity contribution in [2.45, 2.75) is 19.8 Å². The molecule has 0 heterocycles. The summed E-state index contributed by atoms with van der Waals surface area (Å²) in [5.74, 6) is -0.0120. The van der Waals surface area contributed by atoms with Crippen molar-refractivity contribution < 1.29 is 9.59 Å². The summed E-state index contributed by atoms with van der Waals surface area (Å²) in [6.45, 7) is 1.51. The second-order valence-electron chi connectivity index (χ2n) is 1.94. The van der Waals surface area contributed by atoms with Crippen molar-refractivity contribution in [2.24, 2.45) is 5.73 Å². The van der Waals surface area contributed by atoms with Crippen molar-refractivity contribution >= 4 is 11.6 Å². The molecule has 0 atom stereocenters. The van der Waals surface area contributed by atoms with Crippen molar-refractivity contribution in [2.75, 3.05) is 6.54 Å². The van der Waals surface area contributed by atoms with Gasteiger partial charge < -0.3 is 10.5 Å². The van der Waals surface area contributed by atoms with Crippen molar-refractivity contribution in [3.63, 3.8) is 0 Å². The largest absolute Gasteiger partial charge is 0.324 e. The number of carbonyl (C=O) groups is 2. The maximum absolute atomic E-state index is 10.4. The highest BCUT2D eigenvalue weighted by Gasteiger charge is 1.99. The van der Waals surface area contributed by atoms with Gasteiger partial charge in [0.2, 0.25) is 0 Å². The Hall–Kier alpha value is -0.700. The fourth-order valence-corrected chi connectivity index (χ4v) is 0.418. The third kappa shape index (κ3) is 5.17. The number of carbonyl (C=O) groups excluding carboxylic acids is 2. The molecule has 0 fully saturated rings. The van der Waals surface area contributed by atoms with Crippen molar-refractivity contribution in [3.8, 4) is 0 Å². The molecule has 0 aromatic carbocycles. The van der Waals surface area contributed by atoms with Gasteiger partial charge in [-0.2, -0.15) is 0 Å². The Morgan fingerprint density at radius 1 is 1.33 bits per heavy atom. The van der Waals surface area contributed by atoms with E-state index >= 15 is 0 Å². The van der Waals surface area contributed by atoms with Crippen molar-refractivity contribution in [1.29, 1.82) is 0 Å². The molecule has 0 aromatic rings. The van der Waals surface area contributed by atoms with Crippen LogP contribution in [0.1, 0.15) is 19.8 Å². The summed E-state index contributed by atoms with van der Waals surface area (Å²) in [7, 11) is 0. The minimum absolute atomic E-state index is 0.0387. The first kappa shape index (κ1) is 8.30. The van der Waals surface area contributed by atoms with Crippen molar-refractivity contribution in [1.82, 2.24) is 0 Å². The average Bonchev–Trinajstić information content (AvgIpc) is 1.83. The van der Waals surface area contributed by atoms with Crippen LogP contribution in [0.2, 0.25) is 0 Å². The van der Waals surface area contributed by atoms with Gasteiger partial charge >= 0.3 is 0 Å². The molecule has 0 saturated heterocycles. The molecule has 2 N–H and O–H groups in total. The molecule has 0 radical (unpaired) electrons. The van der Waals surface area contributed by atoms with E-state index in [-0.39, 0.29) is 18.1 Å². The van der Waals surface area contributed by atoms with E-state index in [0.29, 0.717) is 12.8 Å². The number of Topliss-reactive ketones (excluding diaryl/α,β-unsaturated/α-hetero) is 2. The van der Waals surface area contributed by atoms with E-state index in [1.165, 1.54) is 6.92 Å². The summed E-state index contributed by atoms with van der Waals surface area (Å²) < 4.78 is 0. The van der Waals surface area contributed by atoms with Crippen LogP contribution in [0.5, 0.6) is 0 Å². The normalized spacial score (nSPS) is 9.11. The number of hydrogen-bond acceptors (Lipinski definition) is 3. The van der Waals surface area contributed by atoms with Crippen molar-refractivity contribution in [3.05, 3.63) is 0 Å². The second-order valence-corrected chi connectivity index (χ2v) is 1.94. The zero-order valence-corrected chi connectivity index (χ0v) is 5.52. The predicted octanol–water partition coefficient (Wildman–Crippen LogP) is -0.117. The SMILES string of the molecule is CC(=O)CCC(=O)CN. The lowest BCUT2D eigenvalue weighted by molar-refractivity contribution is -0.122. The fraction of sp³-hybridized carbons (Fsp3) is 0.667. The minimum atomic E-state index is -0.0507. The van der Waals surface area contributed by atoms with E-state index in [1.54, 1.807) is 0 Å². The molecule has 0 saturated carbocycles. The number of rotatable bonds is 4. The highest BCUT2D eigenvalue weighted by atomic mass is 16.1. The van der Waals surface area contributed by atoms with Gasteiger partial charge in [-0.15, -0.1) is 0 Å². The van der Waals surface area contributed by atoms with E-state index in [1.807, 2.05) is 0 Å². The van der Waals surface area contributed by atoms with E-state index < -0.39 is 0 Å². The zero-order chi connectivity index (χ0) is 7.28. The topological polar surface area (TPSA) is 60.2 Å². The maximum atomic E-state index is 10.4. The van der Waals surface area contributed by atoms with Crippen LogP contribution in [-0.4, -0.2) is 18.1 Å². The Bertz CT molecular complexity index is 120. The molecule has 0 unspecified atom stereocenters. The Kier molecular flexibility index (Phi) is 3.88. The highest BCUT2D eigenvalue weighted by molar-refractivity contribution is 5.85. The third-order valence-electron chi connectivity index (χ3n) is 0.984. The molecule has 0 aliphatic heterocycles. The van der Waals surface area contributed by atoms with Gasteiger partial charge in [-0.05, 0) is 6.92 Å². The molecular formula is C6H11NO2. The van der Waals surface area contributed by atoms with Crippen LogP contribution in [0.15, 0.2) is 0 Å². The monoisotopic (exact) mass is 129 g/mol. The number of hydrogen-bond donors (Lipinski definition) is 1. The van der Waals surface area contributed by atoms with Crippen LogP contribution < -0.4 is 5.73 Å². The minimum Gasteiger partial charge on any atom is -0.324 e. The molecule has 0 aliphatic rings. The van der Waals surface area contributed by atoms with Crippen LogP contribution in [-0.2, 0) is 9.59 Å². The van der Waals surface area contributed by atoms with Gasteiger partial charge in [0.1, 0.15) is 11.6 Å². The molecule has 0 aliphatic carbocycles. The van der Waals surface area contributed by atoms with E-state index in [4.69, 9.17) is 5.73 Å². The molecule has 0 aromatic heterocycles. The van der Waals surface area contributed by atoms with Crippen LogP contribution in [0.4, 0.5) is 0 Å². The van der Waals surface area contributed by atoms with Crippen LogP contribution in [0.3, 0.4) is 0 Å². The van der Waals surface area contributed by atoms with Crippen LogP contribution >= 0.6 is 0 Å². The third-order valence-corrected chi connectivity index (χ3v) is 0.984. The lowest BCUT2D eigenvalue weighted by Gasteiger charge is -1.91. The van der Waals surface area contributed by atoms with Gasteiger partial charge in [0.05, 0.1) is 6.54 Å². The van der Waals surface area contributed by atoms with E-state index in [9.17, 15) is 9.59 Å². The van der Waals surface area contributed by atoms with Gasteiger partial charge in [-0.25, -0.2) is 0 Å². The first-order valence-electron chi connectivity index (χ1n) is 2.88. The summed E-state index contributed by atoms with van der Waals surface area (Å²) in [4.78, 5) is 20.7. The Labute approximate surface area is 54.2 Å². The molecule has 3 heteroatoms. The summed E-state index contributed by atoms with van der Waals surface area (Å²) in [5, 5.41) is 0. The number of ketones is 2. The van der Waals surface area contributed by atoms with Gasteiger partial charge in [0.25, 0.3) is 0 Å². The molecule has 3 nitrogen and oxygen atoms in total. The maximum Gasteiger partial charge on any atom is 0.146 e. The van der Waals surface area contributed by atoms with Gasteiger partial charge in [0, 0.05) is 12.8 Å². The van der Waals surface area contributed by atoms with Gasteiger partial charge in [0.15, 0.2) is 0 Å². The van der Waals surface area contributed by atoms with E-state index in [0.717, 1.165) is 0 Å². The standard InChI is InChI=1S/C6H11NO2/c1-5(8)2-3-6(9)4-7/h2-4,7H2,1H3. The van der Waals surface area contributed by atoms with Gasteiger partial charge in [-0.3, -0.25) is 4.79 Å². The molecular weight excluding hydrogens is 118 g/mol. The first-order valence-corrected chi connectivity index (χ1v) is 2.88. The molecule has 0 rings (SSSR count). The Morgan fingerprint density at radius 3 is 2.22 bits per heavy atom. The Balaban J connectivity index is 3.28. The number of nitrogens with two attached hydrogens (primary N) is 1. The van der Waals surface area contributed by atoms with E-state index in [2.05, 4.69) is 0 Å². The predicted molar refractivity (Wildman–Crippen MR) is 34.0 cm³/mol. The average molecular weight is 129 g/mol. The summed E-state index contributed by atoms with van der Waals surface area (Å²) >= 11 is 0. The smallest absolute Gasteiger partial charge is 0.146 e. The molecule has 52 valence electrons. The highest BCUT2D eigenvalue weighted by Crippen LogP contribution is 1.89. The Morgan fingerprint density at radius 2 is 1.89 bits per heavy atom. The quantitative estimate of drug-likeness (QED) is 0.575. The zero-order valence-electron chi connectivity index (χ0n) is 5.52. The molecule has 0 spiro atoms. The van der Waals surface area contributed by atoms with Crippen LogP contribution in [0, 0.1) is 0 Å². The first-order chi connectivity index (χ1) is 4.16. The van der Waals surface area contributed by atoms with Crippen LogP contribution in [0.25, 0.3) is 0 Å². The summed E-state index contributed by atoms with van der Waals surface area (Å²) in [6.07, 6.45) is 0.627.